The number of benzene rings is 3. The van der Waals surface area contributed by atoms with Gasteiger partial charge in [0.25, 0.3) is 5.91 Å². The van der Waals surface area contributed by atoms with Gasteiger partial charge >= 0.3 is 12.1 Å². The van der Waals surface area contributed by atoms with Crippen molar-refractivity contribution in [1.29, 1.82) is 0 Å². The molecular formula is C34H34ClF3N2O8. The molecule has 0 unspecified atom stereocenters. The van der Waals surface area contributed by atoms with Crippen molar-refractivity contribution < 1.29 is 51.7 Å². The standard InChI is InChI=1S/C34H34ClF3N2O8/c1-19(2)26(31(44)34(36,37)38)17-28(41)30(21-7-11-24(47-3)12-8-21)40-33(46)27(16-20-5-4-6-23(35)15-20)39-32(45)22-9-13-25(14-10-22)48-18-29(42)43/h4-15,19,26-27,30H,16-18H2,1-3H3,(H,39,45)(H,40,46)(H,42,43)/t26-,27-,30-/m0/s1. The van der Waals surface area contributed by atoms with E-state index in [9.17, 15) is 37.1 Å². The number of ketones is 2. The number of Topliss-reactive ketones (excluding diaryl/α,β-unsaturated/α-hetero) is 2. The van der Waals surface area contributed by atoms with Crippen LogP contribution in [-0.4, -0.2) is 60.4 Å². The largest absolute Gasteiger partial charge is 0.497 e. The van der Waals surface area contributed by atoms with E-state index in [2.05, 4.69) is 10.6 Å². The highest BCUT2D eigenvalue weighted by molar-refractivity contribution is 6.30. The van der Waals surface area contributed by atoms with Crippen molar-refractivity contribution in [2.45, 2.75) is 44.9 Å². The van der Waals surface area contributed by atoms with E-state index in [1.807, 2.05) is 0 Å². The Bertz CT molecular complexity index is 1610. The van der Waals surface area contributed by atoms with Gasteiger partial charge in [-0.2, -0.15) is 13.2 Å². The Kier molecular flexibility index (Phi) is 13.1. The number of halogens is 4. The first-order valence-electron chi connectivity index (χ1n) is 14.7. The maximum Gasteiger partial charge on any atom is 0.450 e. The van der Waals surface area contributed by atoms with Gasteiger partial charge < -0.3 is 25.2 Å². The lowest BCUT2D eigenvalue weighted by Gasteiger charge is -2.26. The second kappa shape index (κ2) is 16.8. The molecule has 3 rings (SSSR count). The number of carbonyl (C=O) groups is 5. The first kappa shape index (κ1) is 37.5. The molecule has 0 aliphatic carbocycles. The third-order valence-electron chi connectivity index (χ3n) is 7.33. The summed E-state index contributed by atoms with van der Waals surface area (Å²) in [5.74, 6) is -7.57. The zero-order valence-electron chi connectivity index (χ0n) is 26.2. The number of carboxylic acid groups (broad SMARTS) is 1. The van der Waals surface area contributed by atoms with E-state index < -0.39 is 72.5 Å². The van der Waals surface area contributed by atoms with E-state index in [1.54, 1.807) is 24.3 Å². The van der Waals surface area contributed by atoms with Gasteiger partial charge in [-0.25, -0.2) is 4.79 Å². The maximum absolute atomic E-state index is 13.9. The van der Waals surface area contributed by atoms with Gasteiger partial charge in [0, 0.05) is 29.3 Å². The van der Waals surface area contributed by atoms with Crippen LogP contribution in [0.3, 0.4) is 0 Å². The molecule has 0 saturated carbocycles. The van der Waals surface area contributed by atoms with E-state index >= 15 is 0 Å². The molecule has 14 heteroatoms. The number of carboxylic acids is 1. The third kappa shape index (κ3) is 10.8. The molecule has 3 atom stereocenters. The van der Waals surface area contributed by atoms with Crippen LogP contribution in [0.4, 0.5) is 13.2 Å². The Balaban J connectivity index is 1.94. The first-order valence-corrected chi connectivity index (χ1v) is 15.0. The Morgan fingerprint density at radius 2 is 1.52 bits per heavy atom. The fraction of sp³-hybridized carbons (Fsp3) is 0.324. The summed E-state index contributed by atoms with van der Waals surface area (Å²) in [7, 11) is 1.41. The first-order chi connectivity index (χ1) is 22.6. The predicted molar refractivity (Wildman–Crippen MR) is 169 cm³/mol. The normalized spacial score (nSPS) is 13.2. The SMILES string of the molecule is COc1ccc([C@H](NC(=O)[C@H](Cc2cccc(Cl)c2)NC(=O)c2ccc(OCC(=O)O)cc2)C(=O)C[C@H](C(=O)C(F)(F)F)C(C)C)cc1. The summed E-state index contributed by atoms with van der Waals surface area (Å²) in [5, 5.41) is 14.4. The molecule has 0 heterocycles. The quantitative estimate of drug-likeness (QED) is 0.182. The molecular weight excluding hydrogens is 657 g/mol. The molecule has 10 nitrogen and oxygen atoms in total. The number of methoxy groups -OCH3 is 1. The van der Waals surface area contributed by atoms with Crippen LogP contribution < -0.4 is 20.1 Å². The lowest BCUT2D eigenvalue weighted by molar-refractivity contribution is -0.177. The molecule has 3 aromatic carbocycles. The fourth-order valence-electron chi connectivity index (χ4n) is 4.76. The molecule has 2 amide bonds. The van der Waals surface area contributed by atoms with E-state index in [0.29, 0.717) is 16.3 Å². The molecule has 0 aliphatic rings. The van der Waals surface area contributed by atoms with Crippen molar-refractivity contribution >= 4 is 41.0 Å². The van der Waals surface area contributed by atoms with Crippen LogP contribution in [0.15, 0.2) is 72.8 Å². The molecule has 48 heavy (non-hydrogen) atoms. The minimum absolute atomic E-state index is 0.0924. The maximum atomic E-state index is 13.9. The lowest BCUT2D eigenvalue weighted by atomic mass is 9.84. The second-order valence-electron chi connectivity index (χ2n) is 11.2. The van der Waals surface area contributed by atoms with Crippen LogP contribution >= 0.6 is 11.6 Å². The van der Waals surface area contributed by atoms with Crippen molar-refractivity contribution in [2.24, 2.45) is 11.8 Å². The molecule has 0 fully saturated rings. The zero-order chi connectivity index (χ0) is 35.6. The summed E-state index contributed by atoms with van der Waals surface area (Å²) in [5.41, 5.74) is 0.846. The highest BCUT2D eigenvalue weighted by atomic mass is 35.5. The van der Waals surface area contributed by atoms with Crippen LogP contribution in [-0.2, 0) is 25.6 Å². The topological polar surface area (TPSA) is 148 Å². The van der Waals surface area contributed by atoms with Gasteiger partial charge in [-0.15, -0.1) is 0 Å². The van der Waals surface area contributed by atoms with Crippen molar-refractivity contribution in [1.82, 2.24) is 10.6 Å². The molecule has 0 saturated heterocycles. The van der Waals surface area contributed by atoms with Crippen molar-refractivity contribution in [3.63, 3.8) is 0 Å². The number of carbonyl (C=O) groups excluding carboxylic acids is 4. The Labute approximate surface area is 279 Å². The number of hydrogen-bond acceptors (Lipinski definition) is 7. The number of rotatable bonds is 16. The van der Waals surface area contributed by atoms with Gasteiger partial charge in [0.15, 0.2) is 12.4 Å². The third-order valence-corrected chi connectivity index (χ3v) is 7.56. The van der Waals surface area contributed by atoms with E-state index in [0.717, 1.165) is 0 Å². The van der Waals surface area contributed by atoms with E-state index in [4.69, 9.17) is 26.2 Å². The second-order valence-corrected chi connectivity index (χ2v) is 11.6. The summed E-state index contributed by atoms with van der Waals surface area (Å²) < 4.78 is 50.4. The smallest absolute Gasteiger partial charge is 0.450 e. The summed E-state index contributed by atoms with van der Waals surface area (Å²) >= 11 is 6.13. The van der Waals surface area contributed by atoms with Crippen molar-refractivity contribution in [3.8, 4) is 11.5 Å². The van der Waals surface area contributed by atoms with E-state index in [-0.39, 0.29) is 23.3 Å². The monoisotopic (exact) mass is 690 g/mol. The van der Waals surface area contributed by atoms with Crippen molar-refractivity contribution in [3.05, 3.63) is 94.5 Å². The number of nitrogens with one attached hydrogen (secondary N) is 2. The lowest BCUT2D eigenvalue weighted by Crippen LogP contribution is -2.50. The minimum atomic E-state index is -5.17. The van der Waals surface area contributed by atoms with Crippen LogP contribution in [0, 0.1) is 11.8 Å². The van der Waals surface area contributed by atoms with Gasteiger partial charge in [-0.3, -0.25) is 19.2 Å². The summed E-state index contributed by atoms with van der Waals surface area (Å²) in [6.07, 6.45) is -6.07. The summed E-state index contributed by atoms with van der Waals surface area (Å²) in [4.78, 5) is 63.8. The number of ether oxygens (including phenoxy) is 2. The Morgan fingerprint density at radius 1 is 0.896 bits per heavy atom. The van der Waals surface area contributed by atoms with E-state index in [1.165, 1.54) is 69.5 Å². The number of hydrogen-bond donors (Lipinski definition) is 3. The highest BCUT2D eigenvalue weighted by Gasteiger charge is 2.45. The molecule has 3 N–H and O–H groups in total. The molecule has 0 aliphatic heterocycles. The number of alkyl halides is 3. The fourth-order valence-corrected chi connectivity index (χ4v) is 4.98. The molecule has 0 aromatic heterocycles. The molecule has 0 bridgehead atoms. The molecule has 256 valence electrons. The minimum Gasteiger partial charge on any atom is -0.497 e. The molecule has 0 spiro atoms. The van der Waals surface area contributed by atoms with Gasteiger partial charge in [-0.1, -0.05) is 49.7 Å². The zero-order valence-corrected chi connectivity index (χ0v) is 26.9. The average molecular weight is 691 g/mol. The van der Waals surface area contributed by atoms with Crippen LogP contribution in [0.1, 0.15) is 47.8 Å². The van der Waals surface area contributed by atoms with Gasteiger partial charge in [-0.05, 0) is 65.6 Å². The Morgan fingerprint density at radius 3 is 2.06 bits per heavy atom. The summed E-state index contributed by atoms with van der Waals surface area (Å²) in [6.45, 7) is 2.19. The van der Waals surface area contributed by atoms with Crippen LogP contribution in [0.2, 0.25) is 5.02 Å². The highest BCUT2D eigenvalue weighted by Crippen LogP contribution is 2.30. The molecule has 3 aromatic rings. The number of aliphatic carboxylic acids is 1. The van der Waals surface area contributed by atoms with Gasteiger partial charge in [0.05, 0.1) is 7.11 Å². The average Bonchev–Trinajstić information content (AvgIpc) is 3.04. The van der Waals surface area contributed by atoms with Gasteiger partial charge in [0.1, 0.15) is 23.6 Å². The van der Waals surface area contributed by atoms with Crippen molar-refractivity contribution in [2.75, 3.05) is 13.7 Å². The Hall–Kier alpha value is -4.91. The van der Waals surface area contributed by atoms with Crippen LogP contribution in [0.5, 0.6) is 11.5 Å². The van der Waals surface area contributed by atoms with Gasteiger partial charge in [0.2, 0.25) is 11.7 Å². The van der Waals surface area contributed by atoms with Crippen LogP contribution in [0.25, 0.3) is 0 Å². The number of amides is 2. The predicted octanol–water partition coefficient (Wildman–Crippen LogP) is 5.37. The summed E-state index contributed by atoms with van der Waals surface area (Å²) in [6, 6.07) is 15.0. The molecule has 0 radical (unpaired) electrons.